The van der Waals surface area contributed by atoms with Crippen molar-refractivity contribution in [2.45, 2.75) is 40.0 Å². The molecule has 0 unspecified atom stereocenters. The van der Waals surface area contributed by atoms with Gasteiger partial charge in [-0.25, -0.2) is 4.39 Å². The molecule has 1 aromatic heterocycles. The number of carbonyl (C=O) groups excluding carboxylic acids is 2. The first-order chi connectivity index (χ1) is 23.5. The molecule has 2 amide bonds. The van der Waals surface area contributed by atoms with Crippen molar-refractivity contribution >= 4 is 51.7 Å². The number of halogens is 2. The summed E-state index contributed by atoms with van der Waals surface area (Å²) in [4.78, 5) is 43.3. The van der Waals surface area contributed by atoms with Crippen LogP contribution in [0.5, 0.6) is 23.0 Å². The summed E-state index contributed by atoms with van der Waals surface area (Å²) in [5.74, 6) is -1.95. The molecule has 0 saturated heterocycles. The first-order valence-electron chi connectivity index (χ1n) is 15.9. The Labute approximate surface area is 289 Å². The van der Waals surface area contributed by atoms with Crippen molar-refractivity contribution in [2.24, 2.45) is 5.41 Å². The Balaban J connectivity index is 0.000000698. The second kappa shape index (κ2) is 16.9. The predicted molar refractivity (Wildman–Crippen MR) is 186 cm³/mol. The van der Waals surface area contributed by atoms with Crippen LogP contribution in [-0.2, 0) is 14.4 Å². The number of ether oxygens (including phenoxy) is 3. The van der Waals surface area contributed by atoms with E-state index in [-0.39, 0.29) is 30.2 Å². The van der Waals surface area contributed by atoms with Gasteiger partial charge in [-0.1, -0.05) is 38.4 Å². The minimum atomic E-state index is -1.25. The van der Waals surface area contributed by atoms with Gasteiger partial charge in [-0.05, 0) is 74.9 Å². The molecule has 11 nitrogen and oxygen atoms in total. The van der Waals surface area contributed by atoms with E-state index in [0.29, 0.717) is 46.0 Å². The quantitative estimate of drug-likeness (QED) is 0.115. The zero-order valence-corrected chi connectivity index (χ0v) is 28.6. The lowest BCUT2D eigenvalue weighted by Crippen LogP contribution is -2.35. The molecule has 0 bridgehead atoms. The fraction of sp³-hybridized carbons (Fsp3) is 0.333. The first-order valence-corrected chi connectivity index (χ1v) is 16.3. The molecule has 5 rings (SSSR count). The summed E-state index contributed by atoms with van der Waals surface area (Å²) < 4.78 is 31.9. The van der Waals surface area contributed by atoms with Crippen LogP contribution in [0.25, 0.3) is 10.9 Å². The van der Waals surface area contributed by atoms with E-state index in [9.17, 15) is 14.4 Å². The third-order valence-corrected chi connectivity index (χ3v) is 8.25. The molecular weight excluding hydrogens is 655 g/mol. The van der Waals surface area contributed by atoms with Crippen molar-refractivity contribution in [3.05, 3.63) is 77.7 Å². The van der Waals surface area contributed by atoms with Crippen molar-refractivity contribution in [1.29, 1.82) is 0 Å². The number of carboxylic acids is 1. The molecular formula is C36H40ClFN4O7. The zero-order valence-electron chi connectivity index (χ0n) is 27.8. The molecule has 1 heterocycles. The van der Waals surface area contributed by atoms with Crippen molar-refractivity contribution in [3.63, 3.8) is 0 Å². The highest BCUT2D eigenvalue weighted by Crippen LogP contribution is 2.48. The van der Waals surface area contributed by atoms with Crippen LogP contribution in [0.15, 0.2) is 66.9 Å². The lowest BCUT2D eigenvalue weighted by atomic mass is 10.0. The molecule has 49 heavy (non-hydrogen) atoms. The number of hydrogen-bond donors (Lipinski definition) is 3. The molecule has 1 aliphatic rings. The van der Waals surface area contributed by atoms with E-state index in [2.05, 4.69) is 41.3 Å². The highest BCUT2D eigenvalue weighted by atomic mass is 35.5. The number of carboxylic acid groups (broad SMARTS) is 1. The Morgan fingerprint density at radius 2 is 1.57 bits per heavy atom. The summed E-state index contributed by atoms with van der Waals surface area (Å²) >= 11 is 5.97. The average Bonchev–Trinajstić information content (AvgIpc) is 3.89. The number of nitrogens with zero attached hydrogens (tertiary/aromatic N) is 2. The first kappa shape index (κ1) is 36.9. The normalized spacial score (nSPS) is 12.8. The van der Waals surface area contributed by atoms with Crippen LogP contribution >= 0.6 is 11.6 Å². The highest BCUT2D eigenvalue weighted by Gasteiger charge is 2.56. The number of hydrogen-bond acceptors (Lipinski definition) is 8. The zero-order chi connectivity index (χ0) is 35.6. The summed E-state index contributed by atoms with van der Waals surface area (Å²) in [5, 5.41) is 15.2. The van der Waals surface area contributed by atoms with Gasteiger partial charge in [-0.15, -0.1) is 0 Å². The van der Waals surface area contributed by atoms with Crippen molar-refractivity contribution in [1.82, 2.24) is 9.88 Å². The lowest BCUT2D eigenvalue weighted by Gasteiger charge is -2.16. The third-order valence-electron chi connectivity index (χ3n) is 8.01. The molecule has 1 fully saturated rings. The number of nitrogens with one attached hydrogen (secondary N) is 2. The van der Waals surface area contributed by atoms with E-state index in [1.54, 1.807) is 42.5 Å². The topological polar surface area (TPSA) is 139 Å². The maximum atomic E-state index is 15.1. The fourth-order valence-electron chi connectivity index (χ4n) is 4.94. The van der Waals surface area contributed by atoms with E-state index < -0.39 is 29.0 Å². The molecule has 13 heteroatoms. The number of benzene rings is 3. The maximum Gasteiger partial charge on any atom is 0.306 e. The van der Waals surface area contributed by atoms with E-state index in [1.165, 1.54) is 45.1 Å². The van der Waals surface area contributed by atoms with Crippen molar-refractivity contribution in [2.75, 3.05) is 44.0 Å². The molecule has 3 N–H and O–H groups in total. The third kappa shape index (κ3) is 9.58. The van der Waals surface area contributed by atoms with Crippen molar-refractivity contribution < 1.29 is 38.1 Å². The second-order valence-electron chi connectivity index (χ2n) is 11.2. The van der Waals surface area contributed by atoms with Gasteiger partial charge in [0.05, 0.1) is 25.7 Å². The number of methoxy groups -OCH3 is 1. The maximum absolute atomic E-state index is 15.1. The van der Waals surface area contributed by atoms with Gasteiger partial charge >= 0.3 is 5.97 Å². The molecule has 0 radical (unpaired) electrons. The predicted octanol–water partition coefficient (Wildman–Crippen LogP) is 7.39. The van der Waals surface area contributed by atoms with Gasteiger partial charge in [-0.3, -0.25) is 19.4 Å². The molecule has 0 spiro atoms. The van der Waals surface area contributed by atoms with E-state index in [0.717, 1.165) is 6.07 Å². The Kier molecular flexibility index (Phi) is 12.8. The van der Waals surface area contributed by atoms with Crippen LogP contribution in [0.1, 0.15) is 40.0 Å². The average molecular weight is 695 g/mol. The summed E-state index contributed by atoms with van der Waals surface area (Å²) in [6, 6.07) is 15.3. The number of rotatable bonds is 14. The minimum Gasteiger partial charge on any atom is -0.493 e. The smallest absolute Gasteiger partial charge is 0.306 e. The molecule has 4 aromatic rings. The minimum absolute atomic E-state index is 0.0603. The second-order valence-corrected chi connectivity index (χ2v) is 11.6. The van der Waals surface area contributed by atoms with E-state index in [4.69, 9.17) is 30.9 Å². The van der Waals surface area contributed by atoms with E-state index in [1.807, 2.05) is 0 Å². The number of fused-ring (bicyclic) bond motifs is 1. The molecule has 3 aromatic carbocycles. The van der Waals surface area contributed by atoms with Crippen LogP contribution in [0.4, 0.5) is 15.8 Å². The Bertz CT molecular complexity index is 1790. The number of aromatic nitrogens is 1. The largest absolute Gasteiger partial charge is 0.493 e. The summed E-state index contributed by atoms with van der Waals surface area (Å²) in [6.45, 7) is 10.1. The van der Waals surface area contributed by atoms with Gasteiger partial charge in [-0.2, -0.15) is 0 Å². The van der Waals surface area contributed by atoms with Crippen LogP contribution in [0.2, 0.25) is 5.02 Å². The van der Waals surface area contributed by atoms with Gasteiger partial charge in [0.1, 0.15) is 11.2 Å². The lowest BCUT2D eigenvalue weighted by molar-refractivity contribution is -0.137. The van der Waals surface area contributed by atoms with Crippen LogP contribution < -0.4 is 24.8 Å². The SMILES string of the molecule is CCN(CC)CC.COc1cc2c(Oc3ccc(NC(=O)C4(C(=O)Nc5cccc(Cl)c5)CC4)cc3F)ccnc2cc1OCCC(=O)O. The van der Waals surface area contributed by atoms with Crippen LogP contribution in [-0.4, -0.2) is 66.1 Å². The fourth-order valence-corrected chi connectivity index (χ4v) is 5.13. The Morgan fingerprint density at radius 1 is 0.898 bits per heavy atom. The standard InChI is InChI=1S/C30H25ClFN3O7.C6H15N/c1-40-25-15-20-22(16-26(25)41-12-8-27(36)37)33-11-7-23(20)42-24-6-5-19(14-21(24)32)35-29(39)30(9-10-30)28(38)34-18-4-2-3-17(31)13-18;1-4-7(5-2)6-3/h2-7,11,13-16H,8-10,12H2,1H3,(H,34,38)(H,35,39)(H,36,37);4-6H2,1-3H3. The number of anilines is 2. The summed E-state index contributed by atoms with van der Waals surface area (Å²) in [5.41, 5.74) is -0.161. The summed E-state index contributed by atoms with van der Waals surface area (Å²) in [6.07, 6.45) is 2.01. The molecule has 0 atom stereocenters. The van der Waals surface area contributed by atoms with Crippen molar-refractivity contribution in [3.8, 4) is 23.0 Å². The van der Waals surface area contributed by atoms with Gasteiger partial charge in [0.2, 0.25) is 11.8 Å². The number of aliphatic carboxylic acids is 1. The number of amides is 2. The Morgan fingerprint density at radius 3 is 2.12 bits per heavy atom. The molecule has 260 valence electrons. The number of carbonyl (C=O) groups is 3. The number of pyridine rings is 1. The van der Waals surface area contributed by atoms with Gasteiger partial charge in [0.25, 0.3) is 0 Å². The molecule has 1 aliphatic carbocycles. The van der Waals surface area contributed by atoms with Crippen LogP contribution in [0.3, 0.4) is 0 Å². The van der Waals surface area contributed by atoms with Gasteiger partial charge in [0.15, 0.2) is 23.1 Å². The summed E-state index contributed by atoms with van der Waals surface area (Å²) in [7, 11) is 1.43. The molecule has 0 aliphatic heterocycles. The highest BCUT2D eigenvalue weighted by molar-refractivity contribution is 6.31. The van der Waals surface area contributed by atoms with Gasteiger partial charge < -0.3 is 34.9 Å². The van der Waals surface area contributed by atoms with E-state index >= 15 is 4.39 Å². The van der Waals surface area contributed by atoms with Gasteiger partial charge in [0, 0.05) is 40.1 Å². The monoisotopic (exact) mass is 694 g/mol. The van der Waals surface area contributed by atoms with Crippen LogP contribution in [0, 0.1) is 11.2 Å². The molecule has 1 saturated carbocycles. The Hall–Kier alpha value is -4.94.